The van der Waals surface area contributed by atoms with Gasteiger partial charge in [0.05, 0.1) is 21.3 Å². The van der Waals surface area contributed by atoms with Gasteiger partial charge < -0.3 is 4.74 Å². The fourth-order valence-corrected chi connectivity index (χ4v) is 5.83. The van der Waals surface area contributed by atoms with Gasteiger partial charge in [0.1, 0.15) is 5.75 Å². The van der Waals surface area contributed by atoms with E-state index in [1.54, 1.807) is 12.0 Å². The third-order valence-electron chi connectivity index (χ3n) is 3.61. The van der Waals surface area contributed by atoms with E-state index >= 15 is 0 Å². The van der Waals surface area contributed by atoms with Crippen molar-refractivity contribution in [2.24, 2.45) is 0 Å². The zero-order chi connectivity index (χ0) is 18.1. The molecule has 0 radical (unpaired) electrons. The Morgan fingerprint density at radius 1 is 1.20 bits per heavy atom. The molecule has 3 nitrogen and oxygen atoms in total. The molecule has 1 amide bonds. The Hall–Kier alpha value is -0.650. The van der Waals surface area contributed by atoms with Gasteiger partial charge in [-0.05, 0) is 82.4 Å². The highest BCUT2D eigenvalue weighted by Crippen LogP contribution is 2.38. The second-order valence-electron chi connectivity index (χ2n) is 5.36. The molecular weight excluding hydrogens is 580 g/mol. The van der Waals surface area contributed by atoms with E-state index < -0.39 is 0 Å². The lowest BCUT2D eigenvalue weighted by atomic mass is 10.1. The lowest BCUT2D eigenvalue weighted by Crippen LogP contribution is -2.27. The van der Waals surface area contributed by atoms with Crippen LogP contribution in [0.5, 0.6) is 5.75 Å². The molecule has 1 aliphatic rings. The molecule has 0 aliphatic carbocycles. The van der Waals surface area contributed by atoms with Crippen molar-refractivity contribution in [1.82, 2.24) is 0 Å². The molecule has 0 unspecified atom stereocenters. The third kappa shape index (κ3) is 4.04. The Kier molecular flexibility index (Phi) is 6.07. The number of carbonyl (C=O) groups excluding carboxylic acids is 1. The fraction of sp³-hybridized carbons (Fsp3) is 0.111. The Bertz CT molecular complexity index is 895. The number of methoxy groups -OCH3 is 1. The monoisotopic (exact) mass is 593 g/mol. The zero-order valence-electron chi connectivity index (χ0n) is 13.4. The number of amides is 1. The summed E-state index contributed by atoms with van der Waals surface area (Å²) in [5.74, 6) is 0.663. The number of aryl methyl sites for hydroxylation is 1. The lowest BCUT2D eigenvalue weighted by Gasteiger charge is -2.14. The van der Waals surface area contributed by atoms with Crippen LogP contribution in [-0.2, 0) is 4.79 Å². The molecule has 0 aromatic heterocycles. The number of hydrogen-bond acceptors (Lipinski definition) is 4. The third-order valence-corrected chi connectivity index (χ3v) is 6.34. The Morgan fingerprint density at radius 2 is 1.88 bits per heavy atom. The summed E-state index contributed by atoms with van der Waals surface area (Å²) >= 11 is 11.2. The van der Waals surface area contributed by atoms with Gasteiger partial charge in [0.2, 0.25) is 0 Å². The molecule has 1 fully saturated rings. The molecule has 1 saturated heterocycles. The van der Waals surface area contributed by atoms with Crippen molar-refractivity contribution >= 4 is 91.2 Å². The van der Waals surface area contributed by atoms with E-state index in [9.17, 15) is 4.79 Å². The van der Waals surface area contributed by atoms with Crippen LogP contribution in [-0.4, -0.2) is 17.3 Å². The summed E-state index contributed by atoms with van der Waals surface area (Å²) in [4.78, 5) is 15.1. The maximum atomic E-state index is 12.9. The van der Waals surface area contributed by atoms with E-state index in [0.29, 0.717) is 9.23 Å². The van der Waals surface area contributed by atoms with Crippen molar-refractivity contribution in [3.8, 4) is 5.75 Å². The van der Waals surface area contributed by atoms with Crippen LogP contribution < -0.4 is 9.64 Å². The van der Waals surface area contributed by atoms with Crippen molar-refractivity contribution in [1.29, 1.82) is 0 Å². The minimum absolute atomic E-state index is 0.102. The maximum absolute atomic E-state index is 12.9. The highest BCUT2D eigenvalue weighted by molar-refractivity contribution is 14.1. The zero-order valence-corrected chi connectivity index (χ0v) is 19.3. The van der Waals surface area contributed by atoms with E-state index in [1.807, 2.05) is 49.4 Å². The van der Waals surface area contributed by atoms with Crippen LogP contribution in [0.1, 0.15) is 11.1 Å². The number of halogens is 2. The number of rotatable bonds is 3. The minimum atomic E-state index is -0.102. The summed E-state index contributed by atoms with van der Waals surface area (Å²) < 4.78 is 8.14. The Balaban J connectivity index is 2.00. The van der Waals surface area contributed by atoms with Crippen molar-refractivity contribution in [3.63, 3.8) is 0 Å². The quantitative estimate of drug-likeness (QED) is 0.263. The Morgan fingerprint density at radius 3 is 2.52 bits per heavy atom. The largest absolute Gasteiger partial charge is 0.495 e. The van der Waals surface area contributed by atoms with Gasteiger partial charge in [-0.25, -0.2) is 0 Å². The molecule has 0 bridgehead atoms. The number of benzene rings is 2. The summed E-state index contributed by atoms with van der Waals surface area (Å²) in [6.07, 6.45) is 1.86. The standard InChI is InChI=1S/C18H13I2NO2S2/c1-10-3-5-13(6-4-10)21-17(22)15(25-18(21)24)8-11-7-12(19)9-14(20)16(11)23-2/h3-9H,1-2H3/b15-8-. The number of nitrogens with zero attached hydrogens (tertiary/aromatic N) is 1. The van der Waals surface area contributed by atoms with Crippen molar-refractivity contribution in [3.05, 3.63) is 59.6 Å². The van der Waals surface area contributed by atoms with E-state index in [1.165, 1.54) is 11.8 Å². The average Bonchev–Trinajstić information content (AvgIpc) is 2.82. The molecule has 1 heterocycles. The van der Waals surface area contributed by atoms with Gasteiger partial charge in [0.15, 0.2) is 4.32 Å². The summed E-state index contributed by atoms with van der Waals surface area (Å²) in [5.41, 5.74) is 2.81. The van der Waals surface area contributed by atoms with Gasteiger partial charge in [-0.15, -0.1) is 0 Å². The van der Waals surface area contributed by atoms with E-state index in [4.69, 9.17) is 17.0 Å². The van der Waals surface area contributed by atoms with Crippen molar-refractivity contribution < 1.29 is 9.53 Å². The number of ether oxygens (including phenoxy) is 1. The number of anilines is 1. The first-order valence-corrected chi connectivity index (χ1v) is 10.7. The number of thiocarbonyl (C=S) groups is 1. The molecule has 1 aliphatic heterocycles. The van der Waals surface area contributed by atoms with Crippen LogP contribution in [0.15, 0.2) is 41.3 Å². The molecule has 0 N–H and O–H groups in total. The average molecular weight is 593 g/mol. The predicted octanol–water partition coefficient (Wildman–Crippen LogP) is 5.62. The summed E-state index contributed by atoms with van der Waals surface area (Å²) in [7, 11) is 1.64. The van der Waals surface area contributed by atoms with Crippen LogP contribution in [0, 0.1) is 14.1 Å². The summed E-state index contributed by atoms with van der Waals surface area (Å²) in [5, 5.41) is 0. The van der Waals surface area contributed by atoms with Crippen LogP contribution in [0.4, 0.5) is 5.69 Å². The maximum Gasteiger partial charge on any atom is 0.270 e. The first kappa shape index (κ1) is 19.1. The molecule has 7 heteroatoms. The smallest absolute Gasteiger partial charge is 0.270 e. The van der Waals surface area contributed by atoms with E-state index in [-0.39, 0.29) is 5.91 Å². The van der Waals surface area contributed by atoms with Gasteiger partial charge in [-0.3, -0.25) is 9.69 Å². The van der Waals surface area contributed by atoms with Gasteiger partial charge >= 0.3 is 0 Å². The van der Waals surface area contributed by atoms with E-state index in [0.717, 1.165) is 29.7 Å². The summed E-state index contributed by atoms with van der Waals surface area (Å²) in [6, 6.07) is 11.8. The second kappa shape index (κ2) is 7.93. The predicted molar refractivity (Wildman–Crippen MR) is 125 cm³/mol. The first-order valence-electron chi connectivity index (χ1n) is 7.28. The SMILES string of the molecule is COc1c(I)cc(I)cc1/C=C1\SC(=S)N(c2ccc(C)cc2)C1=O. The minimum Gasteiger partial charge on any atom is -0.495 e. The molecule has 0 saturated carbocycles. The number of carbonyl (C=O) groups is 1. The molecule has 0 spiro atoms. The molecule has 3 rings (SSSR count). The Labute approximate surface area is 183 Å². The first-order chi connectivity index (χ1) is 11.9. The van der Waals surface area contributed by atoms with Crippen LogP contribution in [0.3, 0.4) is 0 Å². The number of thioether (sulfide) groups is 1. The number of hydrogen-bond donors (Lipinski definition) is 0. The van der Waals surface area contributed by atoms with Gasteiger partial charge in [-0.2, -0.15) is 0 Å². The topological polar surface area (TPSA) is 29.5 Å². The van der Waals surface area contributed by atoms with Gasteiger partial charge in [-0.1, -0.05) is 41.7 Å². The molecule has 2 aromatic rings. The van der Waals surface area contributed by atoms with Crippen LogP contribution in [0.2, 0.25) is 0 Å². The lowest BCUT2D eigenvalue weighted by molar-refractivity contribution is -0.113. The normalized spacial score (nSPS) is 16.0. The van der Waals surface area contributed by atoms with Crippen LogP contribution >= 0.6 is 69.2 Å². The van der Waals surface area contributed by atoms with Crippen LogP contribution in [0.25, 0.3) is 6.08 Å². The summed E-state index contributed by atoms with van der Waals surface area (Å²) in [6.45, 7) is 2.01. The fourth-order valence-electron chi connectivity index (χ4n) is 2.43. The van der Waals surface area contributed by atoms with Crippen molar-refractivity contribution in [2.75, 3.05) is 12.0 Å². The van der Waals surface area contributed by atoms with Gasteiger partial charge in [0.25, 0.3) is 5.91 Å². The molecule has 25 heavy (non-hydrogen) atoms. The molecule has 0 atom stereocenters. The van der Waals surface area contributed by atoms with Gasteiger partial charge in [0, 0.05) is 9.13 Å². The van der Waals surface area contributed by atoms with Crippen molar-refractivity contribution in [2.45, 2.75) is 6.92 Å². The molecular formula is C18H13I2NO2S2. The second-order valence-corrected chi connectivity index (χ2v) is 9.45. The molecule has 2 aromatic carbocycles. The van der Waals surface area contributed by atoms with E-state index in [2.05, 4.69) is 45.2 Å². The highest BCUT2D eigenvalue weighted by atomic mass is 127. The molecule has 128 valence electrons. The highest BCUT2D eigenvalue weighted by Gasteiger charge is 2.33.